The summed E-state index contributed by atoms with van der Waals surface area (Å²) in [5.74, 6) is -4.04. The molecule has 0 radical (unpaired) electrons. The molecule has 240 valence electrons. The molecule has 1 saturated heterocycles. The lowest BCUT2D eigenvalue weighted by Crippen LogP contribution is -2.50. The van der Waals surface area contributed by atoms with Crippen LogP contribution >= 0.6 is 11.6 Å². The number of carbonyl (C=O) groups excluding carboxylic acids is 1. The smallest absolute Gasteiger partial charge is 0.336 e. The first-order valence-corrected chi connectivity index (χ1v) is 15.2. The number of halogens is 1. The number of phenolic OH excluding ortho intramolecular Hbond substituents is 1. The average molecular weight is 632 g/mol. The zero-order valence-electron chi connectivity index (χ0n) is 25.2. The van der Waals surface area contributed by atoms with E-state index in [1.807, 2.05) is 31.1 Å². The van der Waals surface area contributed by atoms with Crippen LogP contribution in [0.25, 0.3) is 0 Å². The van der Waals surface area contributed by atoms with Crippen molar-refractivity contribution in [3.8, 4) is 5.75 Å². The van der Waals surface area contributed by atoms with Gasteiger partial charge < -0.3 is 39.9 Å². The maximum Gasteiger partial charge on any atom is 0.336 e. The normalized spacial score (nSPS) is 18.1. The monoisotopic (exact) mass is 631 g/mol. The van der Waals surface area contributed by atoms with Gasteiger partial charge in [0.1, 0.15) is 5.75 Å². The maximum atomic E-state index is 13.5. The molecule has 0 aliphatic carbocycles. The molecule has 12 heteroatoms. The topological polar surface area (TPSA) is 151 Å². The number of rotatable bonds is 14. The second-order valence-electron chi connectivity index (χ2n) is 12.3. The number of nitrogens with zero attached hydrogens (tertiary/aromatic N) is 3. The third-order valence-electron chi connectivity index (χ3n) is 8.66. The van der Waals surface area contributed by atoms with Crippen LogP contribution in [-0.4, -0.2) is 112 Å². The molecule has 1 amide bonds. The fraction of sp³-hybridized carbons (Fsp3) is 0.531. The second kappa shape index (κ2) is 14.3. The van der Waals surface area contributed by atoms with E-state index in [4.69, 9.17) is 16.3 Å². The van der Waals surface area contributed by atoms with Gasteiger partial charge in [-0.05, 0) is 74.2 Å². The first kappa shape index (κ1) is 33.7. The highest BCUT2D eigenvalue weighted by atomic mass is 35.5. The van der Waals surface area contributed by atoms with Gasteiger partial charge in [0, 0.05) is 44.3 Å². The minimum Gasteiger partial charge on any atom is -0.508 e. The quantitative estimate of drug-likeness (QED) is 0.245. The number of benzene rings is 2. The molecule has 2 aromatic rings. The molecule has 4 N–H and O–H groups in total. The second-order valence-corrected chi connectivity index (χ2v) is 12.7. The van der Waals surface area contributed by atoms with E-state index < -0.39 is 36.3 Å². The lowest BCUT2D eigenvalue weighted by atomic mass is 9.83. The van der Waals surface area contributed by atoms with Crippen molar-refractivity contribution in [1.29, 1.82) is 0 Å². The van der Waals surface area contributed by atoms with Gasteiger partial charge in [-0.15, -0.1) is 0 Å². The largest absolute Gasteiger partial charge is 0.508 e. The van der Waals surface area contributed by atoms with E-state index in [1.54, 1.807) is 12.1 Å². The van der Waals surface area contributed by atoms with Crippen LogP contribution in [0.1, 0.15) is 42.4 Å². The molecule has 2 aliphatic rings. The average Bonchev–Trinajstić information content (AvgIpc) is 3.31. The first-order valence-electron chi connectivity index (χ1n) is 14.8. The van der Waals surface area contributed by atoms with E-state index in [1.165, 1.54) is 22.1 Å². The molecule has 1 spiro atoms. The van der Waals surface area contributed by atoms with Gasteiger partial charge in [-0.2, -0.15) is 0 Å². The van der Waals surface area contributed by atoms with Crippen LogP contribution in [0.5, 0.6) is 5.75 Å². The van der Waals surface area contributed by atoms with Gasteiger partial charge in [0.2, 0.25) is 5.91 Å². The number of carboxylic acids is 2. The van der Waals surface area contributed by atoms with Gasteiger partial charge in [0.15, 0.2) is 5.60 Å². The van der Waals surface area contributed by atoms with Crippen LogP contribution in [0.4, 0.5) is 0 Å². The number of hydrogen-bond donors (Lipinski definition) is 4. The van der Waals surface area contributed by atoms with Crippen LogP contribution in [0, 0.1) is 5.92 Å². The van der Waals surface area contributed by atoms with E-state index in [9.17, 15) is 34.8 Å². The van der Waals surface area contributed by atoms with E-state index in [0.29, 0.717) is 36.7 Å². The zero-order valence-corrected chi connectivity index (χ0v) is 26.0. The van der Waals surface area contributed by atoms with E-state index >= 15 is 0 Å². The van der Waals surface area contributed by atoms with Gasteiger partial charge >= 0.3 is 11.9 Å². The fourth-order valence-corrected chi connectivity index (χ4v) is 6.45. The highest BCUT2D eigenvalue weighted by molar-refractivity contribution is 6.31. The number of piperidine rings is 1. The highest BCUT2D eigenvalue weighted by Crippen LogP contribution is 2.44. The zero-order chi connectivity index (χ0) is 32.1. The first-order chi connectivity index (χ1) is 20.8. The Morgan fingerprint density at radius 1 is 1.07 bits per heavy atom. The SMILES string of the molecule is CN(C)CCN(CC(Cc1cc(O)ccc1Cl)CN1CCC2(CC1)OCc1ccccc12)C(=O)CC(O)(CC(=O)O)C(=O)O. The van der Waals surface area contributed by atoms with Gasteiger partial charge in [-0.3, -0.25) is 9.59 Å². The number of hydrogen-bond acceptors (Lipinski definition) is 8. The van der Waals surface area contributed by atoms with E-state index in [0.717, 1.165) is 25.9 Å². The van der Waals surface area contributed by atoms with E-state index in [2.05, 4.69) is 17.0 Å². The van der Waals surface area contributed by atoms with Gasteiger partial charge in [0.25, 0.3) is 0 Å². The molecular weight excluding hydrogens is 590 g/mol. The minimum absolute atomic E-state index is 0.0702. The van der Waals surface area contributed by atoms with Crippen molar-refractivity contribution >= 4 is 29.4 Å². The Labute approximate surface area is 262 Å². The van der Waals surface area contributed by atoms with Crippen LogP contribution in [0.15, 0.2) is 42.5 Å². The Hall–Kier alpha value is -3.22. The Bertz CT molecular complexity index is 1350. The predicted molar refractivity (Wildman–Crippen MR) is 163 cm³/mol. The standard InChI is InChI=1S/C32H42ClN3O8/c1-34(2)13-14-36(28(38)17-31(43,30(41)42)18-29(39)40)20-22(15-24-16-25(37)7-8-27(24)33)19-35-11-9-32(10-12-35)26-6-4-3-5-23(26)21-44-32/h3-8,16,22,37,43H,9-15,17-21H2,1-2H3,(H,39,40)(H,41,42). The number of carbonyl (C=O) groups is 3. The number of likely N-dealkylation sites (N-methyl/N-ethyl adjacent to an activating group) is 1. The number of fused-ring (bicyclic) bond motifs is 2. The van der Waals surface area contributed by atoms with Crippen molar-refractivity contribution in [3.05, 3.63) is 64.2 Å². The fourth-order valence-electron chi connectivity index (χ4n) is 6.25. The third-order valence-corrected chi connectivity index (χ3v) is 9.03. The molecule has 11 nitrogen and oxygen atoms in total. The van der Waals surface area contributed by atoms with Crippen LogP contribution in [0.2, 0.25) is 5.02 Å². The molecule has 2 aliphatic heterocycles. The highest BCUT2D eigenvalue weighted by Gasteiger charge is 2.44. The van der Waals surface area contributed by atoms with Crippen molar-refractivity contribution in [2.75, 3.05) is 53.4 Å². The molecule has 0 aromatic heterocycles. The van der Waals surface area contributed by atoms with Crippen LogP contribution in [-0.2, 0) is 37.7 Å². The van der Waals surface area contributed by atoms with Crippen molar-refractivity contribution in [1.82, 2.24) is 14.7 Å². The number of ether oxygens (including phenoxy) is 1. The Kier molecular flexibility index (Phi) is 10.9. The summed E-state index contributed by atoms with van der Waals surface area (Å²) in [4.78, 5) is 42.4. The number of aromatic hydroxyl groups is 1. The summed E-state index contributed by atoms with van der Waals surface area (Å²) in [6.45, 7) is 3.65. The number of aliphatic carboxylic acids is 2. The van der Waals surface area contributed by atoms with Crippen molar-refractivity contribution in [2.45, 2.75) is 49.9 Å². The summed E-state index contributed by atoms with van der Waals surface area (Å²) in [6.07, 6.45) is 0.0863. The number of phenols is 1. The van der Waals surface area contributed by atoms with Crippen molar-refractivity contribution in [3.63, 3.8) is 0 Å². The van der Waals surface area contributed by atoms with Crippen molar-refractivity contribution in [2.24, 2.45) is 5.92 Å². The Morgan fingerprint density at radius 3 is 2.43 bits per heavy atom. The molecular formula is C32H42ClN3O8. The van der Waals surface area contributed by atoms with Gasteiger partial charge in [-0.25, -0.2) is 4.79 Å². The van der Waals surface area contributed by atoms with E-state index in [-0.39, 0.29) is 30.4 Å². The van der Waals surface area contributed by atoms with Gasteiger partial charge in [0.05, 0.1) is 25.0 Å². The molecule has 2 heterocycles. The summed E-state index contributed by atoms with van der Waals surface area (Å²) in [5.41, 5.74) is 0.136. The predicted octanol–water partition coefficient (Wildman–Crippen LogP) is 2.80. The summed E-state index contributed by atoms with van der Waals surface area (Å²) in [7, 11) is 3.69. The maximum absolute atomic E-state index is 13.5. The summed E-state index contributed by atoms with van der Waals surface area (Å²) >= 11 is 6.50. The number of aliphatic hydroxyl groups is 1. The lowest BCUT2D eigenvalue weighted by molar-refractivity contribution is -0.169. The number of carboxylic acid groups (broad SMARTS) is 2. The Morgan fingerprint density at radius 2 is 1.77 bits per heavy atom. The molecule has 2 atom stereocenters. The third kappa shape index (κ3) is 8.28. The molecule has 4 rings (SSSR count). The van der Waals surface area contributed by atoms with Crippen molar-refractivity contribution < 1.29 is 39.5 Å². The molecule has 2 aromatic carbocycles. The summed E-state index contributed by atoms with van der Waals surface area (Å²) in [5, 5.41) is 40.0. The lowest BCUT2D eigenvalue weighted by Gasteiger charge is -2.41. The van der Waals surface area contributed by atoms with Crippen LogP contribution < -0.4 is 0 Å². The molecule has 1 fully saturated rings. The molecule has 2 unspecified atom stereocenters. The van der Waals surface area contributed by atoms with Gasteiger partial charge in [-0.1, -0.05) is 35.9 Å². The summed E-state index contributed by atoms with van der Waals surface area (Å²) in [6, 6.07) is 13.0. The Balaban J connectivity index is 1.54. The summed E-state index contributed by atoms with van der Waals surface area (Å²) < 4.78 is 6.33. The minimum atomic E-state index is -2.73. The molecule has 0 bridgehead atoms. The molecule has 0 saturated carbocycles. The molecule has 44 heavy (non-hydrogen) atoms. The number of amides is 1. The number of likely N-dealkylation sites (tertiary alicyclic amines) is 1. The van der Waals surface area contributed by atoms with Crippen LogP contribution in [0.3, 0.4) is 0 Å².